The van der Waals surface area contributed by atoms with Gasteiger partial charge in [0.1, 0.15) is 6.20 Å². The molecule has 1 saturated heterocycles. The summed E-state index contributed by atoms with van der Waals surface area (Å²) in [7, 11) is 0. The standard InChI is InChI=1S/C14H20N6O3/c21-12(19-7-1-2-8-19)5-6-15-14-16-9-11(20(22)23)13(18-14)17-10-3-4-10/h9-10H,1-8H2,(H2,15,16,17,18). The lowest BCUT2D eigenvalue weighted by atomic mass is 10.3. The van der Waals surface area contributed by atoms with Crippen molar-refractivity contribution in [2.45, 2.75) is 38.1 Å². The number of anilines is 2. The molecule has 9 nitrogen and oxygen atoms in total. The number of likely N-dealkylation sites (tertiary alicyclic amines) is 1. The average molecular weight is 320 g/mol. The monoisotopic (exact) mass is 320 g/mol. The Labute approximate surface area is 133 Å². The van der Waals surface area contributed by atoms with Crippen LogP contribution < -0.4 is 10.6 Å². The molecule has 3 rings (SSSR count). The van der Waals surface area contributed by atoms with Crippen LogP contribution in [-0.4, -0.2) is 51.4 Å². The van der Waals surface area contributed by atoms with E-state index in [0.29, 0.717) is 18.9 Å². The Morgan fingerprint density at radius 3 is 2.78 bits per heavy atom. The van der Waals surface area contributed by atoms with Gasteiger partial charge in [-0.1, -0.05) is 0 Å². The molecule has 1 aromatic rings. The quantitative estimate of drug-likeness (QED) is 0.576. The second-order valence-electron chi connectivity index (χ2n) is 5.87. The molecule has 0 atom stereocenters. The van der Waals surface area contributed by atoms with Crippen LogP contribution in [0.1, 0.15) is 32.1 Å². The molecular weight excluding hydrogens is 300 g/mol. The molecule has 0 radical (unpaired) electrons. The maximum absolute atomic E-state index is 11.9. The zero-order valence-electron chi connectivity index (χ0n) is 12.8. The maximum atomic E-state index is 11.9. The fraction of sp³-hybridized carbons (Fsp3) is 0.643. The number of aromatic nitrogens is 2. The first kappa shape index (κ1) is 15.4. The number of hydrogen-bond donors (Lipinski definition) is 2. The highest BCUT2D eigenvalue weighted by Crippen LogP contribution is 2.29. The van der Waals surface area contributed by atoms with Crippen molar-refractivity contribution in [1.29, 1.82) is 0 Å². The molecule has 2 heterocycles. The van der Waals surface area contributed by atoms with Gasteiger partial charge in [0.2, 0.25) is 17.7 Å². The number of hydrogen-bond acceptors (Lipinski definition) is 7. The van der Waals surface area contributed by atoms with Gasteiger partial charge in [-0.15, -0.1) is 0 Å². The van der Waals surface area contributed by atoms with Gasteiger partial charge in [0.25, 0.3) is 0 Å². The van der Waals surface area contributed by atoms with Crippen molar-refractivity contribution < 1.29 is 9.72 Å². The van der Waals surface area contributed by atoms with Crippen LogP contribution in [0.2, 0.25) is 0 Å². The van der Waals surface area contributed by atoms with Crippen molar-refractivity contribution in [2.24, 2.45) is 0 Å². The second kappa shape index (κ2) is 6.76. The molecule has 1 aliphatic heterocycles. The minimum Gasteiger partial charge on any atom is -0.361 e. The molecule has 0 unspecified atom stereocenters. The van der Waals surface area contributed by atoms with Crippen LogP contribution in [0.25, 0.3) is 0 Å². The van der Waals surface area contributed by atoms with Crippen LogP contribution >= 0.6 is 0 Å². The molecule has 124 valence electrons. The van der Waals surface area contributed by atoms with E-state index in [4.69, 9.17) is 0 Å². The fourth-order valence-electron chi connectivity index (χ4n) is 2.53. The summed E-state index contributed by atoms with van der Waals surface area (Å²) in [6.07, 6.45) is 5.69. The summed E-state index contributed by atoms with van der Waals surface area (Å²) >= 11 is 0. The Balaban J connectivity index is 1.56. The summed E-state index contributed by atoms with van der Waals surface area (Å²) in [5.41, 5.74) is -0.129. The van der Waals surface area contributed by atoms with Crippen molar-refractivity contribution in [3.8, 4) is 0 Å². The van der Waals surface area contributed by atoms with Gasteiger partial charge >= 0.3 is 5.69 Å². The van der Waals surface area contributed by atoms with Crippen LogP contribution in [-0.2, 0) is 4.79 Å². The summed E-state index contributed by atoms with van der Waals surface area (Å²) in [6.45, 7) is 2.08. The molecule has 0 aromatic carbocycles. The average Bonchev–Trinajstić information content (AvgIpc) is 3.16. The Morgan fingerprint density at radius 1 is 1.39 bits per heavy atom. The molecule has 0 spiro atoms. The zero-order valence-corrected chi connectivity index (χ0v) is 12.8. The molecule has 1 amide bonds. The van der Waals surface area contributed by atoms with E-state index < -0.39 is 4.92 Å². The maximum Gasteiger partial charge on any atom is 0.329 e. The first-order valence-corrected chi connectivity index (χ1v) is 7.93. The highest BCUT2D eigenvalue weighted by atomic mass is 16.6. The molecule has 2 fully saturated rings. The topological polar surface area (TPSA) is 113 Å². The van der Waals surface area contributed by atoms with Crippen molar-refractivity contribution in [1.82, 2.24) is 14.9 Å². The zero-order chi connectivity index (χ0) is 16.2. The third kappa shape index (κ3) is 4.05. The number of carbonyl (C=O) groups excluding carboxylic acids is 1. The van der Waals surface area contributed by atoms with E-state index in [1.807, 2.05) is 4.90 Å². The van der Waals surface area contributed by atoms with Gasteiger partial charge in [0.15, 0.2) is 0 Å². The van der Waals surface area contributed by atoms with Gasteiger partial charge in [-0.3, -0.25) is 14.9 Å². The third-order valence-corrected chi connectivity index (χ3v) is 3.97. The normalized spacial score (nSPS) is 17.1. The summed E-state index contributed by atoms with van der Waals surface area (Å²) in [4.78, 5) is 32.4. The number of nitrogens with zero attached hydrogens (tertiary/aromatic N) is 4. The van der Waals surface area contributed by atoms with Gasteiger partial charge in [-0.25, -0.2) is 4.98 Å². The van der Waals surface area contributed by atoms with Crippen LogP contribution in [0.5, 0.6) is 0 Å². The van der Waals surface area contributed by atoms with Crippen LogP contribution in [0.4, 0.5) is 17.5 Å². The highest BCUT2D eigenvalue weighted by molar-refractivity contribution is 5.76. The molecule has 1 aliphatic carbocycles. The summed E-state index contributed by atoms with van der Waals surface area (Å²) in [5.74, 6) is 0.655. The Morgan fingerprint density at radius 2 is 2.13 bits per heavy atom. The van der Waals surface area contributed by atoms with Gasteiger partial charge in [-0.05, 0) is 25.7 Å². The van der Waals surface area contributed by atoms with Gasteiger partial charge in [0, 0.05) is 32.1 Å². The lowest BCUT2D eigenvalue weighted by molar-refractivity contribution is -0.384. The Bertz CT molecular complexity index is 598. The molecule has 9 heteroatoms. The molecular formula is C14H20N6O3. The molecule has 1 aromatic heterocycles. The van der Waals surface area contributed by atoms with E-state index in [9.17, 15) is 14.9 Å². The second-order valence-corrected chi connectivity index (χ2v) is 5.87. The van der Waals surface area contributed by atoms with Crippen LogP contribution in [0.15, 0.2) is 6.20 Å². The molecule has 1 saturated carbocycles. The van der Waals surface area contributed by atoms with E-state index >= 15 is 0 Å². The summed E-state index contributed by atoms with van der Waals surface area (Å²) < 4.78 is 0. The Hall–Kier alpha value is -2.45. The fourth-order valence-corrected chi connectivity index (χ4v) is 2.53. The predicted molar refractivity (Wildman–Crippen MR) is 84.3 cm³/mol. The number of rotatable bonds is 7. The number of amides is 1. The minimum absolute atomic E-state index is 0.119. The van der Waals surface area contributed by atoms with Crippen molar-refractivity contribution in [2.75, 3.05) is 30.3 Å². The van der Waals surface area contributed by atoms with Crippen molar-refractivity contribution in [3.05, 3.63) is 16.3 Å². The smallest absolute Gasteiger partial charge is 0.329 e. The number of carbonyl (C=O) groups is 1. The summed E-state index contributed by atoms with van der Waals surface area (Å²) in [6, 6.07) is 0.258. The molecule has 2 aliphatic rings. The lowest BCUT2D eigenvalue weighted by Gasteiger charge is -2.15. The minimum atomic E-state index is -0.495. The van der Waals surface area contributed by atoms with Crippen LogP contribution in [0.3, 0.4) is 0 Å². The van der Waals surface area contributed by atoms with E-state index in [-0.39, 0.29) is 23.5 Å². The third-order valence-electron chi connectivity index (χ3n) is 3.97. The van der Waals surface area contributed by atoms with E-state index in [1.165, 1.54) is 6.20 Å². The van der Waals surface area contributed by atoms with E-state index in [1.54, 1.807) is 0 Å². The van der Waals surface area contributed by atoms with Gasteiger partial charge < -0.3 is 15.5 Å². The molecule has 2 N–H and O–H groups in total. The molecule has 0 bridgehead atoms. The van der Waals surface area contributed by atoms with E-state index in [0.717, 1.165) is 38.8 Å². The van der Waals surface area contributed by atoms with Crippen molar-refractivity contribution in [3.63, 3.8) is 0 Å². The predicted octanol–water partition coefficient (Wildman–Crippen LogP) is 1.38. The van der Waals surface area contributed by atoms with Crippen molar-refractivity contribution >= 4 is 23.4 Å². The van der Waals surface area contributed by atoms with Crippen LogP contribution in [0, 0.1) is 10.1 Å². The first-order valence-electron chi connectivity index (χ1n) is 7.93. The Kier molecular flexibility index (Phi) is 4.54. The largest absolute Gasteiger partial charge is 0.361 e. The van der Waals surface area contributed by atoms with Gasteiger partial charge in [0.05, 0.1) is 4.92 Å². The molecule has 23 heavy (non-hydrogen) atoms. The summed E-state index contributed by atoms with van der Waals surface area (Å²) in [5, 5.41) is 17.0. The number of nitro groups is 1. The van der Waals surface area contributed by atoms with E-state index in [2.05, 4.69) is 20.6 Å². The highest BCUT2D eigenvalue weighted by Gasteiger charge is 2.26. The first-order chi connectivity index (χ1) is 11.1. The lowest BCUT2D eigenvalue weighted by Crippen LogP contribution is -2.29. The number of nitrogens with one attached hydrogen (secondary N) is 2. The van der Waals surface area contributed by atoms with Gasteiger partial charge in [-0.2, -0.15) is 4.98 Å². The SMILES string of the molecule is O=C(CCNc1ncc([N+](=O)[O-])c(NC2CC2)n1)N1CCCC1.